The molecule has 8 heteroatoms. The van der Waals surface area contributed by atoms with Crippen LogP contribution in [0, 0.1) is 13.8 Å². The maximum absolute atomic E-state index is 13.0. The highest BCUT2D eigenvalue weighted by molar-refractivity contribution is 7.89. The molecule has 1 aromatic heterocycles. The highest BCUT2D eigenvalue weighted by Gasteiger charge is 2.31. The van der Waals surface area contributed by atoms with Gasteiger partial charge in [0.15, 0.2) is 0 Å². The molecule has 0 bridgehead atoms. The van der Waals surface area contributed by atoms with Crippen LogP contribution in [0.3, 0.4) is 0 Å². The Bertz CT molecular complexity index is 893. The second-order valence-electron chi connectivity index (χ2n) is 7.28. The van der Waals surface area contributed by atoms with E-state index in [2.05, 4.69) is 9.97 Å². The minimum Gasteiger partial charge on any atom is -0.491 e. The molecular formula is C20H27N3O4S. The van der Waals surface area contributed by atoms with E-state index in [1.807, 2.05) is 27.7 Å². The van der Waals surface area contributed by atoms with Crippen molar-refractivity contribution in [2.45, 2.75) is 57.6 Å². The molecule has 1 atom stereocenters. The van der Waals surface area contributed by atoms with Gasteiger partial charge in [0.05, 0.1) is 17.5 Å². The number of aryl methyl sites for hydroxylation is 2. The number of piperidine rings is 1. The number of benzene rings is 1. The van der Waals surface area contributed by atoms with Crippen LogP contribution in [0.4, 0.5) is 0 Å². The molecule has 2 aromatic rings. The van der Waals surface area contributed by atoms with Gasteiger partial charge in [-0.15, -0.1) is 0 Å². The van der Waals surface area contributed by atoms with Crippen LogP contribution in [0.5, 0.6) is 11.6 Å². The number of ether oxygens (including phenoxy) is 2. The van der Waals surface area contributed by atoms with Gasteiger partial charge in [-0.3, -0.25) is 0 Å². The summed E-state index contributed by atoms with van der Waals surface area (Å²) in [5, 5.41) is 0. The predicted octanol–water partition coefficient (Wildman–Crippen LogP) is 3.11. The van der Waals surface area contributed by atoms with Gasteiger partial charge < -0.3 is 9.47 Å². The first kappa shape index (κ1) is 20.5. The maximum atomic E-state index is 13.0. The average Bonchev–Trinajstić information content (AvgIpc) is 2.61. The summed E-state index contributed by atoms with van der Waals surface area (Å²) >= 11 is 0. The quantitative estimate of drug-likeness (QED) is 0.734. The Morgan fingerprint density at radius 3 is 2.50 bits per heavy atom. The number of rotatable bonds is 6. The average molecular weight is 406 g/mol. The molecule has 3 rings (SSSR count). The van der Waals surface area contributed by atoms with E-state index < -0.39 is 10.0 Å². The summed E-state index contributed by atoms with van der Waals surface area (Å²) < 4.78 is 39.1. The monoisotopic (exact) mass is 405 g/mol. The van der Waals surface area contributed by atoms with E-state index in [0.717, 1.165) is 18.5 Å². The normalized spacial score (nSPS) is 18.2. The standard InChI is InChI=1S/C20H27N3O4S/c1-14(2)26-17-7-9-19(10-8-17)28(24,25)23-11-5-6-18(13-23)27-20-12-15(3)21-16(4)22-20/h7-10,12,14,18H,5-6,11,13H2,1-4H3. The molecule has 1 saturated heterocycles. The molecular weight excluding hydrogens is 378 g/mol. The SMILES string of the molecule is Cc1cc(OC2CCCN(S(=O)(=O)c3ccc(OC(C)C)cc3)C2)nc(C)n1. The fraction of sp³-hybridized carbons (Fsp3) is 0.500. The molecule has 1 aliphatic rings. The molecule has 0 amide bonds. The number of nitrogens with zero attached hydrogens (tertiary/aromatic N) is 3. The Morgan fingerprint density at radius 1 is 1.14 bits per heavy atom. The van der Waals surface area contributed by atoms with E-state index in [9.17, 15) is 8.42 Å². The molecule has 152 valence electrons. The zero-order chi connectivity index (χ0) is 20.3. The molecule has 7 nitrogen and oxygen atoms in total. The Labute approximate surface area is 166 Å². The minimum atomic E-state index is -3.58. The van der Waals surface area contributed by atoms with E-state index >= 15 is 0 Å². The number of aromatic nitrogens is 2. The van der Waals surface area contributed by atoms with Gasteiger partial charge in [0.25, 0.3) is 0 Å². The molecule has 1 aliphatic heterocycles. The van der Waals surface area contributed by atoms with Gasteiger partial charge in [-0.2, -0.15) is 9.29 Å². The number of hydrogen-bond donors (Lipinski definition) is 0. The van der Waals surface area contributed by atoms with Crippen molar-refractivity contribution >= 4 is 10.0 Å². The van der Waals surface area contributed by atoms with Crippen LogP contribution in [0.25, 0.3) is 0 Å². The van der Waals surface area contributed by atoms with Crippen molar-refractivity contribution < 1.29 is 17.9 Å². The third kappa shape index (κ3) is 4.99. The molecule has 0 saturated carbocycles. The highest BCUT2D eigenvalue weighted by Crippen LogP contribution is 2.25. The van der Waals surface area contributed by atoms with E-state index in [1.54, 1.807) is 30.3 Å². The van der Waals surface area contributed by atoms with E-state index in [4.69, 9.17) is 9.47 Å². The number of hydrogen-bond acceptors (Lipinski definition) is 6. The summed E-state index contributed by atoms with van der Waals surface area (Å²) in [6.45, 7) is 8.33. The predicted molar refractivity (Wildman–Crippen MR) is 106 cm³/mol. The van der Waals surface area contributed by atoms with Crippen LogP contribution in [0.2, 0.25) is 0 Å². The summed E-state index contributed by atoms with van der Waals surface area (Å²) in [7, 11) is -3.58. The second-order valence-corrected chi connectivity index (χ2v) is 9.22. The molecule has 1 fully saturated rings. The molecule has 2 heterocycles. The van der Waals surface area contributed by atoms with Crippen LogP contribution in [-0.2, 0) is 10.0 Å². The van der Waals surface area contributed by atoms with Crippen LogP contribution in [0.15, 0.2) is 35.2 Å². The first-order valence-corrected chi connectivity index (χ1v) is 10.9. The van der Waals surface area contributed by atoms with Crippen LogP contribution >= 0.6 is 0 Å². The summed E-state index contributed by atoms with van der Waals surface area (Å²) in [4.78, 5) is 8.79. The fourth-order valence-electron chi connectivity index (χ4n) is 3.24. The summed E-state index contributed by atoms with van der Waals surface area (Å²) in [6.07, 6.45) is 1.33. The van der Waals surface area contributed by atoms with Crippen molar-refractivity contribution in [3.63, 3.8) is 0 Å². The highest BCUT2D eigenvalue weighted by atomic mass is 32.2. The topological polar surface area (TPSA) is 81.6 Å². The van der Waals surface area contributed by atoms with Crippen molar-refractivity contribution in [1.29, 1.82) is 0 Å². The minimum absolute atomic E-state index is 0.0385. The van der Waals surface area contributed by atoms with Gasteiger partial charge in [-0.1, -0.05) is 0 Å². The summed E-state index contributed by atoms with van der Waals surface area (Å²) in [5.41, 5.74) is 0.825. The Kier molecular flexibility index (Phi) is 6.20. The molecule has 0 N–H and O–H groups in total. The molecule has 0 spiro atoms. The van der Waals surface area contributed by atoms with Crippen molar-refractivity contribution in [3.05, 3.63) is 41.9 Å². The second kappa shape index (κ2) is 8.45. The van der Waals surface area contributed by atoms with Crippen LogP contribution in [-0.4, -0.2) is 48.0 Å². The van der Waals surface area contributed by atoms with Crippen molar-refractivity contribution in [3.8, 4) is 11.6 Å². The third-order valence-corrected chi connectivity index (χ3v) is 6.28. The van der Waals surface area contributed by atoms with Crippen molar-refractivity contribution in [2.24, 2.45) is 0 Å². The molecule has 1 aromatic carbocycles. The lowest BCUT2D eigenvalue weighted by Crippen LogP contribution is -2.44. The van der Waals surface area contributed by atoms with Gasteiger partial charge in [0.2, 0.25) is 15.9 Å². The smallest absolute Gasteiger partial charge is 0.243 e. The Balaban J connectivity index is 1.71. The van der Waals surface area contributed by atoms with Gasteiger partial charge in [-0.05, 0) is 64.8 Å². The summed E-state index contributed by atoms with van der Waals surface area (Å²) in [6, 6.07) is 8.34. The molecule has 0 aliphatic carbocycles. The first-order valence-electron chi connectivity index (χ1n) is 9.50. The lowest BCUT2D eigenvalue weighted by molar-refractivity contribution is 0.124. The maximum Gasteiger partial charge on any atom is 0.243 e. The van der Waals surface area contributed by atoms with Gasteiger partial charge in [0.1, 0.15) is 17.7 Å². The lowest BCUT2D eigenvalue weighted by Gasteiger charge is -2.31. The summed E-state index contributed by atoms with van der Waals surface area (Å²) in [5.74, 6) is 1.78. The van der Waals surface area contributed by atoms with E-state index in [0.29, 0.717) is 30.5 Å². The van der Waals surface area contributed by atoms with Gasteiger partial charge in [-0.25, -0.2) is 13.4 Å². The van der Waals surface area contributed by atoms with Crippen LogP contribution < -0.4 is 9.47 Å². The Hall–Kier alpha value is -2.19. The van der Waals surface area contributed by atoms with Crippen molar-refractivity contribution in [2.75, 3.05) is 13.1 Å². The fourth-order valence-corrected chi connectivity index (χ4v) is 4.76. The number of sulfonamides is 1. The van der Waals surface area contributed by atoms with Crippen molar-refractivity contribution in [1.82, 2.24) is 14.3 Å². The van der Waals surface area contributed by atoms with Gasteiger partial charge in [0, 0.05) is 18.3 Å². The zero-order valence-corrected chi connectivity index (χ0v) is 17.6. The van der Waals surface area contributed by atoms with Gasteiger partial charge >= 0.3 is 0 Å². The Morgan fingerprint density at radius 2 is 1.86 bits per heavy atom. The third-order valence-electron chi connectivity index (χ3n) is 4.40. The van der Waals surface area contributed by atoms with Crippen LogP contribution in [0.1, 0.15) is 38.2 Å². The van der Waals surface area contributed by atoms with E-state index in [1.165, 1.54) is 4.31 Å². The molecule has 0 radical (unpaired) electrons. The molecule has 1 unspecified atom stereocenters. The largest absolute Gasteiger partial charge is 0.491 e. The first-order chi connectivity index (χ1) is 13.2. The van der Waals surface area contributed by atoms with E-state index in [-0.39, 0.29) is 17.1 Å². The molecule has 28 heavy (non-hydrogen) atoms. The lowest BCUT2D eigenvalue weighted by atomic mass is 10.1. The zero-order valence-electron chi connectivity index (χ0n) is 16.8.